The van der Waals surface area contributed by atoms with E-state index in [2.05, 4.69) is 6.92 Å². The number of carboxylic acids is 1. The molecule has 1 N–H and O–H groups in total. The first-order chi connectivity index (χ1) is 9.04. The average Bonchev–Trinajstić information content (AvgIpc) is 2.38. The second kappa shape index (κ2) is 7.41. The summed E-state index contributed by atoms with van der Waals surface area (Å²) in [5.74, 6) is -0.635. The Morgan fingerprint density at radius 2 is 1.89 bits per heavy atom. The number of aliphatic carboxylic acids is 1. The van der Waals surface area contributed by atoms with Crippen LogP contribution < -0.4 is 4.74 Å². The fourth-order valence-corrected chi connectivity index (χ4v) is 1.52. The Kier molecular flexibility index (Phi) is 5.85. The number of carbonyl (C=O) groups is 2. The van der Waals surface area contributed by atoms with Gasteiger partial charge in [0.25, 0.3) is 5.91 Å². The lowest BCUT2D eigenvalue weighted by Crippen LogP contribution is -2.31. The minimum absolute atomic E-state index is 0.312. The molecule has 0 unspecified atom stereocenters. The first-order valence-electron chi connectivity index (χ1n) is 6.24. The number of carboxylic acid groups (broad SMARTS) is 1. The normalized spacial score (nSPS) is 10.0. The molecule has 1 rings (SSSR count). The highest BCUT2D eigenvalue weighted by Crippen LogP contribution is 2.13. The first-order valence-corrected chi connectivity index (χ1v) is 6.24. The number of hydrogen-bond donors (Lipinski definition) is 1. The summed E-state index contributed by atoms with van der Waals surface area (Å²) in [4.78, 5) is 23.6. The van der Waals surface area contributed by atoms with E-state index in [-0.39, 0.29) is 12.5 Å². The molecule has 0 saturated carbocycles. The fraction of sp³-hybridized carbons (Fsp3) is 0.429. The third-order valence-electron chi connectivity index (χ3n) is 2.59. The second-order valence-corrected chi connectivity index (χ2v) is 4.28. The van der Waals surface area contributed by atoms with E-state index in [0.29, 0.717) is 17.9 Å². The lowest BCUT2D eigenvalue weighted by molar-refractivity contribution is -0.137. The molecule has 1 aromatic carbocycles. The molecule has 0 aliphatic heterocycles. The maximum absolute atomic E-state index is 11.9. The number of nitrogens with zero attached hydrogens (tertiary/aromatic N) is 1. The van der Waals surface area contributed by atoms with Gasteiger partial charge in [-0.05, 0) is 30.7 Å². The van der Waals surface area contributed by atoms with Crippen molar-refractivity contribution < 1.29 is 19.4 Å². The minimum atomic E-state index is -1.03. The average molecular weight is 265 g/mol. The Labute approximate surface area is 112 Å². The van der Waals surface area contributed by atoms with Crippen LogP contribution in [0.5, 0.6) is 5.75 Å². The largest absolute Gasteiger partial charge is 0.494 e. The Morgan fingerprint density at radius 3 is 2.42 bits per heavy atom. The highest BCUT2D eigenvalue weighted by atomic mass is 16.5. The molecule has 0 aromatic heterocycles. The summed E-state index contributed by atoms with van der Waals surface area (Å²) in [5.41, 5.74) is 0.451. The van der Waals surface area contributed by atoms with Crippen LogP contribution in [0.15, 0.2) is 24.3 Å². The molecule has 0 spiro atoms. The maximum atomic E-state index is 11.9. The Morgan fingerprint density at radius 1 is 1.26 bits per heavy atom. The summed E-state index contributed by atoms with van der Waals surface area (Å²) < 4.78 is 5.49. The van der Waals surface area contributed by atoms with E-state index >= 15 is 0 Å². The molecular formula is C14H19NO4. The zero-order valence-electron chi connectivity index (χ0n) is 11.3. The monoisotopic (exact) mass is 265 g/mol. The Bertz CT molecular complexity index is 428. The van der Waals surface area contributed by atoms with Gasteiger partial charge in [-0.3, -0.25) is 9.59 Å². The summed E-state index contributed by atoms with van der Waals surface area (Å²) in [6, 6.07) is 6.72. The number of unbranched alkanes of at least 4 members (excludes halogenated alkanes) is 1. The lowest BCUT2D eigenvalue weighted by Gasteiger charge is -2.14. The van der Waals surface area contributed by atoms with Crippen molar-refractivity contribution in [1.82, 2.24) is 4.90 Å². The van der Waals surface area contributed by atoms with Crippen molar-refractivity contribution in [1.29, 1.82) is 0 Å². The van der Waals surface area contributed by atoms with Gasteiger partial charge >= 0.3 is 5.97 Å². The van der Waals surface area contributed by atoms with Crippen LogP contribution in [0, 0.1) is 0 Å². The van der Waals surface area contributed by atoms with Gasteiger partial charge in [-0.2, -0.15) is 0 Å². The zero-order valence-corrected chi connectivity index (χ0v) is 11.3. The van der Waals surface area contributed by atoms with Crippen LogP contribution in [0.2, 0.25) is 0 Å². The molecule has 0 aliphatic carbocycles. The SMILES string of the molecule is CCCCOc1ccc(C(=O)N(C)CC(=O)O)cc1. The molecule has 0 bridgehead atoms. The predicted molar refractivity (Wildman–Crippen MR) is 71.4 cm³/mol. The van der Waals surface area contributed by atoms with Gasteiger partial charge in [-0.15, -0.1) is 0 Å². The Balaban J connectivity index is 2.60. The second-order valence-electron chi connectivity index (χ2n) is 4.28. The van der Waals surface area contributed by atoms with Gasteiger partial charge in [0.05, 0.1) is 6.61 Å². The summed E-state index contributed by atoms with van der Waals surface area (Å²) in [7, 11) is 1.46. The first kappa shape index (κ1) is 15.0. The van der Waals surface area contributed by atoms with Crippen LogP contribution >= 0.6 is 0 Å². The van der Waals surface area contributed by atoms with Crippen LogP contribution in [0.3, 0.4) is 0 Å². The molecule has 0 heterocycles. The van der Waals surface area contributed by atoms with E-state index in [1.807, 2.05) is 0 Å². The minimum Gasteiger partial charge on any atom is -0.494 e. The van der Waals surface area contributed by atoms with Gasteiger partial charge in [-0.1, -0.05) is 13.3 Å². The molecule has 0 radical (unpaired) electrons. The molecule has 104 valence electrons. The Hall–Kier alpha value is -2.04. The molecule has 5 nitrogen and oxygen atoms in total. The van der Waals surface area contributed by atoms with Crippen molar-refractivity contribution in [2.75, 3.05) is 20.2 Å². The third kappa shape index (κ3) is 4.99. The maximum Gasteiger partial charge on any atom is 0.323 e. The molecule has 19 heavy (non-hydrogen) atoms. The van der Waals surface area contributed by atoms with Gasteiger partial charge in [0.2, 0.25) is 0 Å². The van der Waals surface area contributed by atoms with Gasteiger partial charge in [0, 0.05) is 12.6 Å². The molecular weight excluding hydrogens is 246 g/mol. The van der Waals surface area contributed by atoms with Gasteiger partial charge in [-0.25, -0.2) is 0 Å². The number of benzene rings is 1. The number of rotatable bonds is 7. The zero-order chi connectivity index (χ0) is 14.3. The highest BCUT2D eigenvalue weighted by Gasteiger charge is 2.14. The van der Waals surface area contributed by atoms with Crippen molar-refractivity contribution in [3.63, 3.8) is 0 Å². The van der Waals surface area contributed by atoms with E-state index in [9.17, 15) is 9.59 Å². The van der Waals surface area contributed by atoms with Crippen molar-refractivity contribution in [2.24, 2.45) is 0 Å². The van der Waals surface area contributed by atoms with Gasteiger partial charge in [0.15, 0.2) is 0 Å². The number of likely N-dealkylation sites (N-methyl/N-ethyl adjacent to an activating group) is 1. The molecule has 1 amide bonds. The predicted octanol–water partition coefficient (Wildman–Crippen LogP) is 2.02. The van der Waals surface area contributed by atoms with Crippen molar-refractivity contribution in [2.45, 2.75) is 19.8 Å². The van der Waals surface area contributed by atoms with Crippen molar-refractivity contribution >= 4 is 11.9 Å². The number of amides is 1. The van der Waals surface area contributed by atoms with Crippen molar-refractivity contribution in [3.8, 4) is 5.75 Å². The molecule has 0 aliphatic rings. The topological polar surface area (TPSA) is 66.8 Å². The van der Waals surface area contributed by atoms with E-state index in [1.54, 1.807) is 24.3 Å². The van der Waals surface area contributed by atoms with Crippen LogP contribution in [0.25, 0.3) is 0 Å². The van der Waals surface area contributed by atoms with E-state index < -0.39 is 5.97 Å². The number of carbonyl (C=O) groups excluding carboxylic acids is 1. The van der Waals surface area contributed by atoms with E-state index in [0.717, 1.165) is 17.7 Å². The van der Waals surface area contributed by atoms with Gasteiger partial charge < -0.3 is 14.7 Å². The van der Waals surface area contributed by atoms with E-state index in [1.165, 1.54) is 7.05 Å². The molecule has 0 atom stereocenters. The highest BCUT2D eigenvalue weighted by molar-refractivity contribution is 5.95. The van der Waals surface area contributed by atoms with Crippen LogP contribution in [-0.2, 0) is 4.79 Å². The summed E-state index contributed by atoms with van der Waals surface area (Å²) in [6.45, 7) is 2.43. The quantitative estimate of drug-likeness (QED) is 0.766. The van der Waals surface area contributed by atoms with Crippen LogP contribution in [0.1, 0.15) is 30.1 Å². The van der Waals surface area contributed by atoms with Crippen molar-refractivity contribution in [3.05, 3.63) is 29.8 Å². The molecule has 5 heteroatoms. The molecule has 1 aromatic rings. The summed E-state index contributed by atoms with van der Waals surface area (Å²) in [6.07, 6.45) is 2.05. The lowest BCUT2D eigenvalue weighted by atomic mass is 10.2. The summed E-state index contributed by atoms with van der Waals surface area (Å²) in [5, 5.41) is 8.63. The molecule has 0 fully saturated rings. The summed E-state index contributed by atoms with van der Waals surface area (Å²) >= 11 is 0. The standard InChI is InChI=1S/C14H19NO4/c1-3-4-9-19-12-7-5-11(6-8-12)14(18)15(2)10-13(16)17/h5-8H,3-4,9-10H2,1-2H3,(H,16,17). The fourth-order valence-electron chi connectivity index (χ4n) is 1.52. The van der Waals surface area contributed by atoms with Gasteiger partial charge in [0.1, 0.15) is 12.3 Å². The number of hydrogen-bond acceptors (Lipinski definition) is 3. The van der Waals surface area contributed by atoms with Crippen LogP contribution in [-0.4, -0.2) is 42.1 Å². The number of ether oxygens (including phenoxy) is 1. The molecule has 0 saturated heterocycles. The van der Waals surface area contributed by atoms with Crippen LogP contribution in [0.4, 0.5) is 0 Å². The third-order valence-corrected chi connectivity index (χ3v) is 2.59. The van der Waals surface area contributed by atoms with E-state index in [4.69, 9.17) is 9.84 Å². The smallest absolute Gasteiger partial charge is 0.323 e.